The van der Waals surface area contributed by atoms with Gasteiger partial charge >= 0.3 is 0 Å². The van der Waals surface area contributed by atoms with Crippen LogP contribution in [0.15, 0.2) is 18.3 Å². The van der Waals surface area contributed by atoms with E-state index in [1.807, 2.05) is 17.9 Å². The van der Waals surface area contributed by atoms with E-state index in [1.165, 1.54) is 6.42 Å². The number of pyridine rings is 1. The highest BCUT2D eigenvalue weighted by atomic mass is 79.9. The summed E-state index contributed by atoms with van der Waals surface area (Å²) < 4.78 is 0. The maximum absolute atomic E-state index is 12.3. The molecular formula is C13H17BrN2O. The van der Waals surface area contributed by atoms with Crippen LogP contribution >= 0.6 is 15.9 Å². The van der Waals surface area contributed by atoms with Crippen LogP contribution in [0, 0.1) is 12.8 Å². The highest BCUT2D eigenvalue weighted by Gasteiger charge is 2.23. The Morgan fingerprint density at radius 1 is 1.65 bits per heavy atom. The van der Waals surface area contributed by atoms with Gasteiger partial charge in [-0.3, -0.25) is 9.78 Å². The van der Waals surface area contributed by atoms with Gasteiger partial charge in [0.15, 0.2) is 0 Å². The highest BCUT2D eigenvalue weighted by Crippen LogP contribution is 2.20. The number of aryl methyl sites for hydroxylation is 1. The highest BCUT2D eigenvalue weighted by molar-refractivity contribution is 9.09. The molecule has 1 saturated heterocycles. The molecule has 1 aromatic rings. The molecule has 1 amide bonds. The van der Waals surface area contributed by atoms with E-state index in [0.717, 1.165) is 36.1 Å². The van der Waals surface area contributed by atoms with E-state index >= 15 is 0 Å². The van der Waals surface area contributed by atoms with Crippen LogP contribution in [-0.4, -0.2) is 34.2 Å². The third-order valence-electron chi connectivity index (χ3n) is 3.17. The van der Waals surface area contributed by atoms with Crippen LogP contribution in [0.4, 0.5) is 0 Å². The Labute approximate surface area is 110 Å². The lowest BCUT2D eigenvalue weighted by Gasteiger charge is -2.32. The van der Waals surface area contributed by atoms with Gasteiger partial charge in [-0.1, -0.05) is 15.9 Å². The van der Waals surface area contributed by atoms with Crippen LogP contribution in [0.1, 0.15) is 28.9 Å². The van der Waals surface area contributed by atoms with Gasteiger partial charge in [-0.05, 0) is 37.8 Å². The number of carbonyl (C=O) groups is 1. The molecule has 17 heavy (non-hydrogen) atoms. The molecule has 0 spiro atoms. The van der Waals surface area contributed by atoms with Crippen LogP contribution in [-0.2, 0) is 0 Å². The Bertz CT molecular complexity index is 408. The summed E-state index contributed by atoms with van der Waals surface area (Å²) >= 11 is 3.51. The number of aromatic nitrogens is 1. The first-order valence-electron chi connectivity index (χ1n) is 5.98. The Balaban J connectivity index is 2.09. The Morgan fingerprint density at radius 2 is 2.47 bits per heavy atom. The molecule has 0 saturated carbocycles. The molecule has 2 heterocycles. The summed E-state index contributed by atoms with van der Waals surface area (Å²) in [6.45, 7) is 3.66. The van der Waals surface area contributed by atoms with E-state index in [2.05, 4.69) is 20.9 Å². The van der Waals surface area contributed by atoms with Crippen molar-refractivity contribution >= 4 is 21.8 Å². The fourth-order valence-electron chi connectivity index (χ4n) is 2.24. The number of piperidine rings is 1. The third-order valence-corrected chi connectivity index (χ3v) is 4.08. The lowest BCUT2D eigenvalue weighted by molar-refractivity contribution is 0.0686. The summed E-state index contributed by atoms with van der Waals surface area (Å²) in [7, 11) is 0. The monoisotopic (exact) mass is 296 g/mol. The van der Waals surface area contributed by atoms with E-state index in [-0.39, 0.29) is 5.91 Å². The van der Waals surface area contributed by atoms with Gasteiger partial charge in [-0.2, -0.15) is 0 Å². The zero-order valence-corrected chi connectivity index (χ0v) is 11.6. The second-order valence-electron chi connectivity index (χ2n) is 4.60. The van der Waals surface area contributed by atoms with Crippen molar-refractivity contribution < 1.29 is 4.79 Å². The molecule has 92 valence electrons. The second-order valence-corrected chi connectivity index (χ2v) is 5.25. The van der Waals surface area contributed by atoms with Crippen LogP contribution < -0.4 is 0 Å². The van der Waals surface area contributed by atoms with Crippen molar-refractivity contribution in [2.45, 2.75) is 19.8 Å². The van der Waals surface area contributed by atoms with Crippen LogP contribution in [0.3, 0.4) is 0 Å². The Morgan fingerprint density at radius 3 is 3.18 bits per heavy atom. The number of halogens is 1. The van der Waals surface area contributed by atoms with Crippen molar-refractivity contribution in [3.8, 4) is 0 Å². The number of rotatable bonds is 2. The average molecular weight is 297 g/mol. The Kier molecular flexibility index (Phi) is 4.15. The average Bonchev–Trinajstić information content (AvgIpc) is 2.38. The minimum Gasteiger partial charge on any atom is -0.338 e. The van der Waals surface area contributed by atoms with Gasteiger partial charge in [0.1, 0.15) is 0 Å². The summed E-state index contributed by atoms with van der Waals surface area (Å²) in [4.78, 5) is 18.4. The van der Waals surface area contributed by atoms with Crippen molar-refractivity contribution in [2.24, 2.45) is 5.92 Å². The second kappa shape index (κ2) is 5.63. The fraction of sp³-hybridized carbons (Fsp3) is 0.538. The van der Waals surface area contributed by atoms with Crippen molar-refractivity contribution in [1.82, 2.24) is 9.88 Å². The van der Waals surface area contributed by atoms with Gasteiger partial charge in [0, 0.05) is 35.9 Å². The maximum atomic E-state index is 12.3. The van der Waals surface area contributed by atoms with Gasteiger partial charge in [0.25, 0.3) is 5.91 Å². The molecule has 0 bridgehead atoms. The summed E-state index contributed by atoms with van der Waals surface area (Å²) in [6, 6.07) is 3.66. The summed E-state index contributed by atoms with van der Waals surface area (Å²) in [6.07, 6.45) is 4.02. The number of hydrogen-bond acceptors (Lipinski definition) is 2. The maximum Gasteiger partial charge on any atom is 0.253 e. The molecule has 1 aliphatic rings. The fourth-order valence-corrected chi connectivity index (χ4v) is 2.77. The lowest BCUT2D eigenvalue weighted by atomic mass is 9.99. The molecule has 0 radical (unpaired) electrons. The van der Waals surface area contributed by atoms with Crippen molar-refractivity contribution in [3.63, 3.8) is 0 Å². The molecule has 0 aromatic carbocycles. The normalized spacial score (nSPS) is 20.4. The van der Waals surface area contributed by atoms with Gasteiger partial charge in [-0.15, -0.1) is 0 Å². The molecule has 1 aromatic heterocycles. The largest absolute Gasteiger partial charge is 0.338 e. The summed E-state index contributed by atoms with van der Waals surface area (Å²) in [5, 5.41) is 0.978. The molecule has 0 N–H and O–H groups in total. The molecule has 1 fully saturated rings. The number of amides is 1. The number of nitrogens with zero attached hydrogens (tertiary/aromatic N) is 2. The topological polar surface area (TPSA) is 33.2 Å². The van der Waals surface area contributed by atoms with Crippen LogP contribution in [0.2, 0.25) is 0 Å². The first-order chi connectivity index (χ1) is 8.20. The first kappa shape index (κ1) is 12.6. The minimum absolute atomic E-state index is 0.140. The molecule has 3 nitrogen and oxygen atoms in total. The number of hydrogen-bond donors (Lipinski definition) is 0. The molecule has 2 rings (SSSR count). The zero-order valence-electron chi connectivity index (χ0n) is 10.0. The van der Waals surface area contributed by atoms with Gasteiger partial charge in [-0.25, -0.2) is 0 Å². The first-order valence-corrected chi connectivity index (χ1v) is 7.10. The van der Waals surface area contributed by atoms with E-state index in [0.29, 0.717) is 5.92 Å². The molecule has 4 heteroatoms. The molecule has 0 aliphatic carbocycles. The number of alkyl halides is 1. The number of carbonyl (C=O) groups excluding carboxylic acids is 1. The molecule has 1 atom stereocenters. The van der Waals surface area contributed by atoms with Gasteiger partial charge < -0.3 is 4.90 Å². The minimum atomic E-state index is 0.140. The van der Waals surface area contributed by atoms with E-state index in [9.17, 15) is 4.79 Å². The van der Waals surface area contributed by atoms with Crippen molar-refractivity contribution in [2.75, 3.05) is 18.4 Å². The molecule has 1 aliphatic heterocycles. The van der Waals surface area contributed by atoms with E-state index < -0.39 is 0 Å². The third kappa shape index (κ3) is 3.06. The Hall–Kier alpha value is -0.900. The standard InChI is InChI=1S/C13H17BrN2O/c1-10-7-12(4-5-15-10)13(17)16-6-2-3-11(8-14)9-16/h4-5,7,11H,2-3,6,8-9H2,1H3. The van der Waals surface area contributed by atoms with E-state index in [4.69, 9.17) is 0 Å². The van der Waals surface area contributed by atoms with E-state index in [1.54, 1.807) is 12.3 Å². The smallest absolute Gasteiger partial charge is 0.253 e. The lowest BCUT2D eigenvalue weighted by Crippen LogP contribution is -2.40. The van der Waals surface area contributed by atoms with Gasteiger partial charge in [0.2, 0.25) is 0 Å². The predicted octanol–water partition coefficient (Wildman–Crippen LogP) is 2.64. The molecule has 1 unspecified atom stereocenters. The summed E-state index contributed by atoms with van der Waals surface area (Å²) in [5.41, 5.74) is 1.65. The van der Waals surface area contributed by atoms with Gasteiger partial charge in [0.05, 0.1) is 0 Å². The van der Waals surface area contributed by atoms with Crippen LogP contribution in [0.25, 0.3) is 0 Å². The molecular weight excluding hydrogens is 280 g/mol. The zero-order chi connectivity index (χ0) is 12.3. The van der Waals surface area contributed by atoms with Crippen LogP contribution in [0.5, 0.6) is 0 Å². The predicted molar refractivity (Wildman–Crippen MR) is 71.4 cm³/mol. The number of likely N-dealkylation sites (tertiary alicyclic amines) is 1. The quantitative estimate of drug-likeness (QED) is 0.786. The van der Waals surface area contributed by atoms with Crippen molar-refractivity contribution in [1.29, 1.82) is 0 Å². The van der Waals surface area contributed by atoms with Crippen molar-refractivity contribution in [3.05, 3.63) is 29.6 Å². The SMILES string of the molecule is Cc1cc(C(=O)N2CCCC(CBr)C2)ccn1. The summed E-state index contributed by atoms with van der Waals surface area (Å²) in [5.74, 6) is 0.733.